The van der Waals surface area contributed by atoms with Gasteiger partial charge in [0.1, 0.15) is 5.01 Å². The van der Waals surface area contributed by atoms with Gasteiger partial charge in [0.25, 0.3) is 0 Å². The Balaban J connectivity index is 1.61. The van der Waals surface area contributed by atoms with Crippen molar-refractivity contribution in [2.75, 3.05) is 27.3 Å². The zero-order valence-electron chi connectivity index (χ0n) is 17.0. The minimum absolute atomic E-state index is 0.130. The Bertz CT molecular complexity index is 798. The fourth-order valence-corrected chi connectivity index (χ4v) is 4.38. The third-order valence-electron chi connectivity index (χ3n) is 4.96. The number of carbonyl (C=O) groups excluding carboxylic acids is 1. The lowest BCUT2D eigenvalue weighted by molar-refractivity contribution is -0.127. The Labute approximate surface area is 170 Å². The highest BCUT2D eigenvalue weighted by atomic mass is 32.1. The fourth-order valence-electron chi connectivity index (χ4n) is 3.54. The summed E-state index contributed by atoms with van der Waals surface area (Å²) in [6.45, 7) is 6.66. The Kier molecular flexibility index (Phi) is 6.91. The number of hydrogen-bond acceptors (Lipinski definition) is 6. The Morgan fingerprint density at radius 1 is 1.29 bits per heavy atom. The maximum absolute atomic E-state index is 12.2. The highest BCUT2D eigenvalue weighted by Crippen LogP contribution is 2.39. The van der Waals surface area contributed by atoms with Crippen molar-refractivity contribution in [1.29, 1.82) is 0 Å². The van der Waals surface area contributed by atoms with Crippen molar-refractivity contribution in [2.24, 2.45) is 5.92 Å². The van der Waals surface area contributed by atoms with Gasteiger partial charge >= 0.3 is 0 Å². The van der Waals surface area contributed by atoms with Crippen LogP contribution in [0.3, 0.4) is 0 Å². The second-order valence-electron chi connectivity index (χ2n) is 7.40. The molecule has 2 heterocycles. The van der Waals surface area contributed by atoms with E-state index in [1.807, 2.05) is 32.0 Å². The number of rotatable bonds is 7. The van der Waals surface area contributed by atoms with Gasteiger partial charge in [0, 0.05) is 23.9 Å². The van der Waals surface area contributed by atoms with Gasteiger partial charge in [-0.05, 0) is 51.9 Å². The number of likely N-dealkylation sites (tertiary alicyclic amines) is 1. The maximum atomic E-state index is 12.2. The van der Waals surface area contributed by atoms with Gasteiger partial charge in [-0.3, -0.25) is 9.69 Å². The monoisotopic (exact) mass is 403 g/mol. The van der Waals surface area contributed by atoms with E-state index in [1.54, 1.807) is 25.6 Å². The van der Waals surface area contributed by atoms with Crippen LogP contribution in [-0.4, -0.2) is 49.1 Å². The fraction of sp³-hybridized carbons (Fsp3) is 0.524. The van der Waals surface area contributed by atoms with Gasteiger partial charge < -0.3 is 14.8 Å². The first-order valence-electron chi connectivity index (χ1n) is 9.70. The molecule has 0 radical (unpaired) electrons. The van der Waals surface area contributed by atoms with Crippen LogP contribution >= 0.6 is 11.3 Å². The lowest BCUT2D eigenvalue weighted by Gasteiger charge is -2.31. The largest absolute Gasteiger partial charge is 0.493 e. The second-order valence-corrected chi connectivity index (χ2v) is 8.26. The number of thiazole rings is 1. The summed E-state index contributed by atoms with van der Waals surface area (Å²) in [6.07, 6.45) is 1.80. The van der Waals surface area contributed by atoms with Crippen LogP contribution < -0.4 is 14.8 Å². The molecule has 1 aromatic carbocycles. The van der Waals surface area contributed by atoms with Gasteiger partial charge in [-0.25, -0.2) is 4.98 Å². The number of hydrogen-bond donors (Lipinski definition) is 1. The zero-order valence-corrected chi connectivity index (χ0v) is 17.8. The van der Waals surface area contributed by atoms with E-state index in [2.05, 4.69) is 15.6 Å². The third-order valence-corrected chi connectivity index (χ3v) is 5.88. The molecule has 1 aliphatic heterocycles. The molecule has 1 aliphatic rings. The van der Waals surface area contributed by atoms with Gasteiger partial charge in [0.05, 0.1) is 25.5 Å². The summed E-state index contributed by atoms with van der Waals surface area (Å²) in [5.74, 6) is 1.74. The number of ether oxygens (including phenoxy) is 2. The smallest absolute Gasteiger partial charge is 0.223 e. The van der Waals surface area contributed by atoms with Gasteiger partial charge in [-0.1, -0.05) is 6.07 Å². The molecule has 2 aromatic rings. The molecule has 0 spiro atoms. The van der Waals surface area contributed by atoms with Crippen molar-refractivity contribution in [3.05, 3.63) is 29.3 Å². The normalized spacial score (nSPS) is 15.6. The van der Waals surface area contributed by atoms with E-state index < -0.39 is 0 Å². The van der Waals surface area contributed by atoms with E-state index in [4.69, 9.17) is 14.5 Å². The molecule has 0 atom stereocenters. The quantitative estimate of drug-likeness (QED) is 0.766. The molecule has 1 aromatic heterocycles. The van der Waals surface area contributed by atoms with Crippen molar-refractivity contribution in [1.82, 2.24) is 15.2 Å². The molecule has 1 amide bonds. The topological polar surface area (TPSA) is 63.7 Å². The summed E-state index contributed by atoms with van der Waals surface area (Å²) in [5.41, 5.74) is 2.00. The number of piperidine rings is 1. The number of benzene rings is 1. The van der Waals surface area contributed by atoms with Crippen LogP contribution in [0.4, 0.5) is 0 Å². The van der Waals surface area contributed by atoms with Crippen molar-refractivity contribution >= 4 is 17.2 Å². The first-order chi connectivity index (χ1) is 13.5. The highest BCUT2D eigenvalue weighted by Gasteiger charge is 2.25. The molecule has 1 N–H and O–H groups in total. The number of carbonyl (C=O) groups is 1. The molecule has 6 nitrogen and oxygen atoms in total. The minimum Gasteiger partial charge on any atom is -0.493 e. The molecule has 0 aliphatic carbocycles. The van der Waals surface area contributed by atoms with E-state index in [-0.39, 0.29) is 17.9 Å². The predicted octanol–water partition coefficient (Wildman–Crippen LogP) is 3.56. The van der Waals surface area contributed by atoms with E-state index in [0.717, 1.165) is 48.7 Å². The lowest BCUT2D eigenvalue weighted by atomic mass is 9.95. The third kappa shape index (κ3) is 4.83. The van der Waals surface area contributed by atoms with Crippen molar-refractivity contribution in [2.45, 2.75) is 39.3 Å². The Morgan fingerprint density at radius 2 is 2.04 bits per heavy atom. The molecule has 0 saturated carbocycles. The second kappa shape index (κ2) is 9.39. The number of nitrogens with zero attached hydrogens (tertiary/aromatic N) is 2. The van der Waals surface area contributed by atoms with Gasteiger partial charge in [0.15, 0.2) is 11.5 Å². The summed E-state index contributed by atoms with van der Waals surface area (Å²) in [4.78, 5) is 19.4. The first-order valence-corrected chi connectivity index (χ1v) is 10.6. The molecular weight excluding hydrogens is 374 g/mol. The average Bonchev–Trinajstić information content (AvgIpc) is 3.15. The molecule has 1 saturated heterocycles. The van der Waals surface area contributed by atoms with Crippen LogP contribution in [0.25, 0.3) is 10.6 Å². The summed E-state index contributed by atoms with van der Waals surface area (Å²) >= 11 is 1.61. The molecule has 0 bridgehead atoms. The van der Waals surface area contributed by atoms with Crippen LogP contribution in [0.2, 0.25) is 0 Å². The summed E-state index contributed by atoms with van der Waals surface area (Å²) in [7, 11) is 3.29. The van der Waals surface area contributed by atoms with Crippen LogP contribution in [0.5, 0.6) is 11.5 Å². The Hall–Kier alpha value is -2.12. The number of methoxy groups -OCH3 is 2. The molecule has 3 rings (SSSR count). The summed E-state index contributed by atoms with van der Waals surface area (Å²) in [5, 5.41) is 6.06. The number of para-hydroxylation sites is 1. The molecular formula is C21H29N3O3S. The average molecular weight is 404 g/mol. The van der Waals surface area contributed by atoms with E-state index >= 15 is 0 Å². The first kappa shape index (κ1) is 20.6. The van der Waals surface area contributed by atoms with Crippen molar-refractivity contribution in [3.63, 3.8) is 0 Å². The number of amides is 1. The van der Waals surface area contributed by atoms with Crippen LogP contribution in [0.1, 0.15) is 32.4 Å². The van der Waals surface area contributed by atoms with Crippen LogP contribution in [0, 0.1) is 5.92 Å². The summed E-state index contributed by atoms with van der Waals surface area (Å²) in [6, 6.07) is 6.04. The van der Waals surface area contributed by atoms with Gasteiger partial charge in [-0.2, -0.15) is 0 Å². The standard InChI is InChI=1S/C21H29N3O3S/c1-14(2)22-20(25)15-8-10-24(11-9-15)12-16-13-28-21(23-16)17-6-5-7-18(26-3)19(17)27-4/h5-7,13-15H,8-12H2,1-4H3,(H,22,25). The van der Waals surface area contributed by atoms with Gasteiger partial charge in [-0.15, -0.1) is 11.3 Å². The van der Waals surface area contributed by atoms with Crippen molar-refractivity contribution in [3.8, 4) is 22.1 Å². The zero-order chi connectivity index (χ0) is 20.1. The SMILES string of the molecule is COc1cccc(-c2nc(CN3CCC(C(=O)NC(C)C)CC3)cs2)c1OC. The highest BCUT2D eigenvalue weighted by molar-refractivity contribution is 7.13. The van der Waals surface area contributed by atoms with E-state index in [1.165, 1.54) is 0 Å². The van der Waals surface area contributed by atoms with Gasteiger partial charge in [0.2, 0.25) is 5.91 Å². The minimum atomic E-state index is 0.130. The van der Waals surface area contributed by atoms with Crippen LogP contribution in [0.15, 0.2) is 23.6 Å². The Morgan fingerprint density at radius 3 is 2.68 bits per heavy atom. The predicted molar refractivity (Wildman–Crippen MR) is 112 cm³/mol. The molecule has 1 fully saturated rings. The molecule has 7 heteroatoms. The molecule has 28 heavy (non-hydrogen) atoms. The van der Waals surface area contributed by atoms with E-state index in [9.17, 15) is 4.79 Å². The van der Waals surface area contributed by atoms with Crippen LogP contribution in [-0.2, 0) is 11.3 Å². The van der Waals surface area contributed by atoms with Crippen molar-refractivity contribution < 1.29 is 14.3 Å². The maximum Gasteiger partial charge on any atom is 0.223 e. The lowest BCUT2D eigenvalue weighted by Crippen LogP contribution is -2.42. The summed E-state index contributed by atoms with van der Waals surface area (Å²) < 4.78 is 10.9. The van der Waals surface area contributed by atoms with E-state index in [0.29, 0.717) is 11.5 Å². The molecule has 152 valence electrons. The number of aromatic nitrogens is 1. The molecule has 0 unspecified atom stereocenters. The number of nitrogens with one attached hydrogen (secondary N) is 1.